The molecule has 37 heavy (non-hydrogen) atoms. The van der Waals surface area contributed by atoms with Crippen molar-refractivity contribution in [1.29, 1.82) is 0 Å². The maximum absolute atomic E-state index is 13.1. The second kappa shape index (κ2) is 11.8. The van der Waals surface area contributed by atoms with Crippen molar-refractivity contribution >= 4 is 58.1 Å². The van der Waals surface area contributed by atoms with Gasteiger partial charge in [-0.3, -0.25) is 4.79 Å². The van der Waals surface area contributed by atoms with Crippen molar-refractivity contribution in [3.05, 3.63) is 52.9 Å². The summed E-state index contributed by atoms with van der Waals surface area (Å²) in [6.45, 7) is 2.81. The van der Waals surface area contributed by atoms with Gasteiger partial charge in [0.05, 0.1) is 0 Å². The van der Waals surface area contributed by atoms with Gasteiger partial charge in [-0.1, -0.05) is 11.2 Å². The number of hydrogen-bond acceptors (Lipinski definition) is 11. The van der Waals surface area contributed by atoms with E-state index in [1.807, 2.05) is 22.8 Å². The van der Waals surface area contributed by atoms with E-state index in [4.69, 9.17) is 10.6 Å². The Labute approximate surface area is 219 Å². The Morgan fingerprint density at radius 1 is 1.35 bits per heavy atom. The molecule has 2 atom stereocenters. The van der Waals surface area contributed by atoms with Gasteiger partial charge in [-0.15, -0.1) is 23.1 Å². The zero-order chi connectivity index (χ0) is 27.2. The van der Waals surface area contributed by atoms with Gasteiger partial charge < -0.3 is 36.2 Å². The van der Waals surface area contributed by atoms with Gasteiger partial charge in [0.25, 0.3) is 5.91 Å². The summed E-state index contributed by atoms with van der Waals surface area (Å²) >= 11 is 2.27. The second-order valence-corrected chi connectivity index (χ2v) is 10.3. The fourth-order valence-electron chi connectivity index (χ4n) is 3.04. The Kier molecular flexibility index (Phi) is 8.83. The lowest BCUT2D eigenvalue weighted by molar-refractivity contribution is -0.689. The third kappa shape index (κ3) is 7.04. The van der Waals surface area contributed by atoms with E-state index in [0.717, 1.165) is 11.3 Å². The molecule has 0 spiro atoms. The predicted molar refractivity (Wildman–Crippen MR) is 135 cm³/mol. The average molecular weight is 550 g/mol. The average Bonchev–Trinajstić information content (AvgIpc) is 3.29. The van der Waals surface area contributed by atoms with E-state index < -0.39 is 40.6 Å². The standard InChI is InChI=1S/C22H24N6O7S2/c1-22(2,20(33)34)35-27-16(14-11-37-21(23)25-14)17(30)24-13(9-29)18-26-15(19(31)32)12(10-36-18)8-28-6-4-3-5-7-28/h3-7,9,11,13,18,26H,8,10H2,1-2H3,(H4-,23,24,25,30,31,32,33,34)/p+1/b27-16-/t13-,18-/m1/s1. The number of thioether (sulfide) groups is 1. The lowest BCUT2D eigenvalue weighted by Crippen LogP contribution is -2.53. The fourth-order valence-corrected chi connectivity index (χ4v) is 4.75. The number of nitrogen functional groups attached to an aromatic ring is 1. The number of oxime groups is 1. The minimum Gasteiger partial charge on any atom is -0.478 e. The van der Waals surface area contributed by atoms with E-state index >= 15 is 0 Å². The quantitative estimate of drug-likeness (QED) is 0.109. The maximum Gasteiger partial charge on any atom is 0.352 e. The molecule has 0 aromatic carbocycles. The van der Waals surface area contributed by atoms with Crippen LogP contribution in [0.2, 0.25) is 0 Å². The molecule has 0 saturated carbocycles. The van der Waals surface area contributed by atoms with Crippen LogP contribution >= 0.6 is 23.1 Å². The summed E-state index contributed by atoms with van der Waals surface area (Å²) in [6.07, 6.45) is 4.07. The number of pyridine rings is 1. The Hall–Kier alpha value is -3.98. The fraction of sp³-hybridized carbons (Fsp3) is 0.318. The number of amides is 1. The van der Waals surface area contributed by atoms with Crippen LogP contribution in [0.15, 0.2) is 52.4 Å². The number of nitrogens with two attached hydrogens (primary N) is 1. The Morgan fingerprint density at radius 2 is 2.05 bits per heavy atom. The van der Waals surface area contributed by atoms with E-state index in [9.17, 15) is 29.4 Å². The monoisotopic (exact) mass is 549 g/mol. The molecule has 0 aliphatic carbocycles. The van der Waals surface area contributed by atoms with Gasteiger partial charge in [-0.05, 0) is 13.8 Å². The third-order valence-corrected chi connectivity index (χ3v) is 7.03. The second-order valence-electron chi connectivity index (χ2n) is 8.26. The van der Waals surface area contributed by atoms with Crippen LogP contribution in [0.1, 0.15) is 19.5 Å². The van der Waals surface area contributed by atoms with Gasteiger partial charge in [-0.25, -0.2) is 19.1 Å². The summed E-state index contributed by atoms with van der Waals surface area (Å²) in [5, 5.41) is 28.8. The first-order valence-corrected chi connectivity index (χ1v) is 12.7. The summed E-state index contributed by atoms with van der Waals surface area (Å²) in [6, 6.07) is 4.31. The minimum absolute atomic E-state index is 0.0170. The summed E-state index contributed by atoms with van der Waals surface area (Å²) in [5.74, 6) is -3.12. The highest BCUT2D eigenvalue weighted by atomic mass is 32.2. The molecule has 196 valence electrons. The van der Waals surface area contributed by atoms with Gasteiger partial charge in [-0.2, -0.15) is 0 Å². The largest absolute Gasteiger partial charge is 0.478 e. The van der Waals surface area contributed by atoms with Gasteiger partial charge in [0, 0.05) is 28.8 Å². The molecule has 6 N–H and O–H groups in total. The number of nitrogens with zero attached hydrogens (tertiary/aromatic N) is 3. The Morgan fingerprint density at radius 3 is 2.62 bits per heavy atom. The van der Waals surface area contributed by atoms with Crippen molar-refractivity contribution in [1.82, 2.24) is 15.6 Å². The van der Waals surface area contributed by atoms with Crippen LogP contribution in [0, 0.1) is 0 Å². The van der Waals surface area contributed by atoms with Crippen LogP contribution < -0.4 is 20.9 Å². The van der Waals surface area contributed by atoms with Crippen LogP contribution in [-0.2, 0) is 30.6 Å². The molecule has 0 saturated heterocycles. The number of rotatable bonds is 11. The normalized spacial score (nSPS) is 16.9. The summed E-state index contributed by atoms with van der Waals surface area (Å²) < 4.78 is 1.82. The molecule has 3 rings (SSSR count). The number of hydrogen-bond donors (Lipinski definition) is 5. The topological polar surface area (TPSA) is 197 Å². The van der Waals surface area contributed by atoms with Crippen LogP contribution in [0.4, 0.5) is 5.13 Å². The molecule has 1 aliphatic rings. The molecule has 1 amide bonds. The number of anilines is 1. The zero-order valence-corrected chi connectivity index (χ0v) is 21.4. The molecule has 3 heterocycles. The summed E-state index contributed by atoms with van der Waals surface area (Å²) in [7, 11) is 0. The van der Waals surface area contributed by atoms with E-state index in [1.165, 1.54) is 31.0 Å². The number of carbonyl (C=O) groups is 4. The van der Waals surface area contributed by atoms with Gasteiger partial charge in [0.15, 0.2) is 29.8 Å². The van der Waals surface area contributed by atoms with E-state index in [0.29, 0.717) is 24.2 Å². The molecule has 0 unspecified atom stereocenters. The van der Waals surface area contributed by atoms with Crippen molar-refractivity contribution in [2.75, 3.05) is 11.5 Å². The molecular weight excluding hydrogens is 524 g/mol. The van der Waals surface area contributed by atoms with Crippen molar-refractivity contribution in [2.45, 2.75) is 37.4 Å². The Balaban J connectivity index is 1.81. The van der Waals surface area contributed by atoms with Gasteiger partial charge in [0.1, 0.15) is 29.1 Å². The summed E-state index contributed by atoms with van der Waals surface area (Å²) in [5.41, 5.74) is 4.06. The molecule has 0 radical (unpaired) electrons. The molecule has 1 aliphatic heterocycles. The van der Waals surface area contributed by atoms with E-state index in [2.05, 4.69) is 20.8 Å². The van der Waals surface area contributed by atoms with E-state index in [1.54, 1.807) is 12.4 Å². The van der Waals surface area contributed by atoms with Crippen LogP contribution in [0.5, 0.6) is 0 Å². The Bertz CT molecular complexity index is 1250. The number of aldehydes is 1. The summed E-state index contributed by atoms with van der Waals surface area (Å²) in [4.78, 5) is 57.4. The number of carboxylic acid groups (broad SMARTS) is 2. The SMILES string of the molecule is CC(C)(O/N=C(\C(=O)N[C@H](C=O)[C@@H]1NC(C(=O)O)=C(C[n+]2ccccc2)CS1)c1csc(N)n1)C(=O)O. The molecule has 2 aromatic rings. The van der Waals surface area contributed by atoms with Crippen molar-refractivity contribution in [3.8, 4) is 0 Å². The first-order chi connectivity index (χ1) is 17.5. The van der Waals surface area contributed by atoms with E-state index in [-0.39, 0.29) is 16.5 Å². The highest BCUT2D eigenvalue weighted by molar-refractivity contribution is 8.00. The lowest BCUT2D eigenvalue weighted by atomic mass is 10.1. The molecular formula is C22H25N6O7S2+. The number of aliphatic carboxylic acids is 2. The number of nitrogens with one attached hydrogen (secondary N) is 2. The van der Waals surface area contributed by atoms with Crippen LogP contribution in [-0.4, -0.2) is 67.8 Å². The smallest absolute Gasteiger partial charge is 0.352 e. The third-order valence-electron chi connectivity index (χ3n) is 5.07. The predicted octanol–water partition coefficient (Wildman–Crippen LogP) is -0.0182. The molecule has 0 fully saturated rings. The zero-order valence-electron chi connectivity index (χ0n) is 19.8. The van der Waals surface area contributed by atoms with Crippen LogP contribution in [0.25, 0.3) is 0 Å². The number of thiazole rings is 1. The van der Waals surface area contributed by atoms with Gasteiger partial charge >= 0.3 is 11.9 Å². The minimum atomic E-state index is -1.76. The maximum atomic E-state index is 13.1. The van der Waals surface area contributed by atoms with Crippen molar-refractivity contribution in [2.24, 2.45) is 5.16 Å². The number of carbonyl (C=O) groups excluding carboxylic acids is 2. The van der Waals surface area contributed by atoms with Crippen LogP contribution in [0.3, 0.4) is 0 Å². The highest BCUT2D eigenvalue weighted by Crippen LogP contribution is 2.25. The number of carboxylic acids is 2. The lowest BCUT2D eigenvalue weighted by Gasteiger charge is -2.30. The molecule has 13 nitrogen and oxygen atoms in total. The van der Waals surface area contributed by atoms with Crippen molar-refractivity contribution < 1.29 is 38.8 Å². The first-order valence-electron chi connectivity index (χ1n) is 10.8. The molecule has 15 heteroatoms. The number of aromatic nitrogens is 2. The molecule has 2 aromatic heterocycles. The highest BCUT2D eigenvalue weighted by Gasteiger charge is 2.35. The van der Waals surface area contributed by atoms with Gasteiger partial charge in [0.2, 0.25) is 5.60 Å². The van der Waals surface area contributed by atoms with Crippen molar-refractivity contribution in [3.63, 3.8) is 0 Å². The molecule has 0 bridgehead atoms. The first kappa shape index (κ1) is 27.6.